The van der Waals surface area contributed by atoms with Gasteiger partial charge in [-0.05, 0) is 35.2 Å². The zero-order chi connectivity index (χ0) is 13.9. The van der Waals surface area contributed by atoms with Crippen LogP contribution in [0.5, 0.6) is 0 Å². The van der Waals surface area contributed by atoms with Crippen molar-refractivity contribution in [1.29, 1.82) is 0 Å². The number of halogens is 4. The minimum atomic E-state index is 0. The lowest BCUT2D eigenvalue weighted by molar-refractivity contribution is 0.200. The van der Waals surface area contributed by atoms with Gasteiger partial charge in [0, 0.05) is 40.6 Å². The second-order valence-electron chi connectivity index (χ2n) is 4.87. The van der Waals surface area contributed by atoms with Gasteiger partial charge in [0.15, 0.2) is 0 Å². The van der Waals surface area contributed by atoms with Gasteiger partial charge in [-0.2, -0.15) is 0 Å². The van der Waals surface area contributed by atoms with Crippen molar-refractivity contribution in [2.45, 2.75) is 6.04 Å². The molecule has 0 bridgehead atoms. The number of benzene rings is 1. The minimum absolute atomic E-state index is 0. The number of rotatable bonds is 3. The Kier molecular flexibility index (Phi) is 8.72. The highest BCUT2D eigenvalue weighted by Gasteiger charge is 2.26. The van der Waals surface area contributed by atoms with Crippen LogP contribution >= 0.6 is 63.7 Å². The summed E-state index contributed by atoms with van der Waals surface area (Å²) in [6.45, 7) is 4.16. The van der Waals surface area contributed by atoms with Crippen LogP contribution in [0.4, 0.5) is 0 Å². The van der Waals surface area contributed by atoms with Crippen molar-refractivity contribution in [1.82, 2.24) is 10.2 Å². The van der Waals surface area contributed by atoms with Crippen LogP contribution in [0.3, 0.4) is 0 Å². The zero-order valence-electron chi connectivity index (χ0n) is 11.8. The summed E-state index contributed by atoms with van der Waals surface area (Å²) in [4.78, 5) is 3.86. The second-order valence-corrected chi connectivity index (χ2v) is 7.17. The predicted octanol–water partition coefficient (Wildman–Crippen LogP) is 5.00. The number of hydrogen-bond donors (Lipinski definition) is 1. The van der Waals surface area contributed by atoms with Crippen LogP contribution in [0.15, 0.2) is 40.2 Å². The van der Waals surface area contributed by atoms with Crippen LogP contribution in [-0.2, 0) is 0 Å². The first-order valence-electron chi connectivity index (χ1n) is 6.69. The van der Waals surface area contributed by atoms with Crippen LogP contribution in [0.2, 0.25) is 5.02 Å². The Morgan fingerprint density at radius 1 is 1.18 bits per heavy atom. The number of thiophene rings is 1. The average Bonchev–Trinajstić information content (AvgIpc) is 2.98. The second kappa shape index (κ2) is 9.48. The Bertz CT molecular complexity index is 574. The third kappa shape index (κ3) is 4.60. The normalized spacial score (nSPS) is 16.5. The van der Waals surface area contributed by atoms with Crippen molar-refractivity contribution in [2.75, 3.05) is 26.2 Å². The first-order chi connectivity index (χ1) is 9.75. The summed E-state index contributed by atoms with van der Waals surface area (Å²) >= 11 is 11.8. The molecule has 2 heterocycles. The Balaban J connectivity index is 0.00000121. The van der Waals surface area contributed by atoms with Gasteiger partial charge >= 0.3 is 0 Å². The van der Waals surface area contributed by atoms with E-state index in [1.54, 1.807) is 11.3 Å². The zero-order valence-corrected chi connectivity index (χ0v) is 16.6. The Labute approximate surface area is 161 Å². The topological polar surface area (TPSA) is 15.3 Å². The van der Waals surface area contributed by atoms with Crippen LogP contribution < -0.4 is 5.32 Å². The summed E-state index contributed by atoms with van der Waals surface area (Å²) < 4.78 is 1.08. The van der Waals surface area contributed by atoms with Gasteiger partial charge in [-0.3, -0.25) is 4.90 Å². The van der Waals surface area contributed by atoms with Crippen molar-refractivity contribution < 1.29 is 0 Å². The summed E-state index contributed by atoms with van der Waals surface area (Å²) in [5, 5.41) is 6.39. The van der Waals surface area contributed by atoms with E-state index in [1.807, 2.05) is 12.1 Å². The summed E-state index contributed by atoms with van der Waals surface area (Å²) in [6, 6.07) is 10.7. The standard InChI is InChI=1S/C15H16BrClN2S.2ClH/c16-11-3-4-13(17)12(10-11)15(14-2-1-9-20-14)19-7-5-18-6-8-19;;/h1-4,9-10,15,18H,5-8H2;2*1H/t15-;;/m1../s1. The molecule has 122 valence electrons. The van der Waals surface area contributed by atoms with Gasteiger partial charge in [-0.1, -0.05) is 33.6 Å². The summed E-state index contributed by atoms with van der Waals surface area (Å²) in [6.07, 6.45) is 0. The van der Waals surface area contributed by atoms with Gasteiger partial charge in [0.25, 0.3) is 0 Å². The molecule has 1 aliphatic heterocycles. The molecule has 3 rings (SSSR count). The third-order valence-corrected chi connectivity index (χ3v) is 5.34. The molecule has 1 aromatic carbocycles. The monoisotopic (exact) mass is 442 g/mol. The fourth-order valence-corrected chi connectivity index (χ4v) is 4.12. The van der Waals surface area contributed by atoms with E-state index in [0.717, 1.165) is 35.7 Å². The minimum Gasteiger partial charge on any atom is -0.314 e. The predicted molar refractivity (Wildman–Crippen MR) is 104 cm³/mol. The first-order valence-corrected chi connectivity index (χ1v) is 8.74. The molecule has 2 aromatic rings. The van der Waals surface area contributed by atoms with Crippen LogP contribution in [-0.4, -0.2) is 31.1 Å². The molecule has 0 aliphatic carbocycles. The molecule has 0 unspecified atom stereocenters. The molecule has 1 aliphatic rings. The lowest BCUT2D eigenvalue weighted by atomic mass is 10.0. The average molecular weight is 445 g/mol. The highest BCUT2D eigenvalue weighted by atomic mass is 79.9. The molecule has 1 aromatic heterocycles. The lowest BCUT2D eigenvalue weighted by Gasteiger charge is -2.35. The lowest BCUT2D eigenvalue weighted by Crippen LogP contribution is -2.45. The highest BCUT2D eigenvalue weighted by molar-refractivity contribution is 9.10. The van der Waals surface area contributed by atoms with Crippen molar-refractivity contribution in [3.05, 3.63) is 55.6 Å². The van der Waals surface area contributed by atoms with Gasteiger partial charge in [0.1, 0.15) is 0 Å². The van der Waals surface area contributed by atoms with E-state index in [4.69, 9.17) is 11.6 Å². The van der Waals surface area contributed by atoms with E-state index in [1.165, 1.54) is 10.4 Å². The van der Waals surface area contributed by atoms with Gasteiger partial charge in [-0.15, -0.1) is 36.2 Å². The smallest absolute Gasteiger partial charge is 0.0711 e. The fourth-order valence-electron chi connectivity index (χ4n) is 2.64. The van der Waals surface area contributed by atoms with E-state index in [2.05, 4.69) is 49.7 Å². The molecule has 2 nitrogen and oxygen atoms in total. The maximum Gasteiger partial charge on any atom is 0.0711 e. The van der Waals surface area contributed by atoms with Gasteiger partial charge < -0.3 is 5.32 Å². The summed E-state index contributed by atoms with van der Waals surface area (Å²) in [7, 11) is 0. The van der Waals surface area contributed by atoms with Crippen LogP contribution in [0.25, 0.3) is 0 Å². The largest absolute Gasteiger partial charge is 0.314 e. The molecule has 1 fully saturated rings. The van der Waals surface area contributed by atoms with E-state index >= 15 is 0 Å². The van der Waals surface area contributed by atoms with Crippen LogP contribution in [0, 0.1) is 0 Å². The van der Waals surface area contributed by atoms with E-state index in [9.17, 15) is 0 Å². The molecule has 0 amide bonds. The van der Waals surface area contributed by atoms with Gasteiger partial charge in [0.05, 0.1) is 6.04 Å². The highest BCUT2D eigenvalue weighted by Crippen LogP contribution is 2.37. The number of hydrogen-bond acceptors (Lipinski definition) is 3. The maximum absolute atomic E-state index is 6.47. The Hall–Kier alpha value is 0.190. The van der Waals surface area contributed by atoms with Crippen molar-refractivity contribution in [2.24, 2.45) is 0 Å². The quantitative estimate of drug-likeness (QED) is 0.717. The van der Waals surface area contributed by atoms with Gasteiger partial charge in [0.2, 0.25) is 0 Å². The van der Waals surface area contributed by atoms with Crippen molar-refractivity contribution in [3.63, 3.8) is 0 Å². The van der Waals surface area contributed by atoms with E-state index in [0.29, 0.717) is 0 Å². The Morgan fingerprint density at radius 3 is 2.55 bits per heavy atom. The van der Waals surface area contributed by atoms with E-state index < -0.39 is 0 Å². The molecule has 0 saturated carbocycles. The number of piperazine rings is 1. The molecule has 22 heavy (non-hydrogen) atoms. The molecule has 1 atom stereocenters. The SMILES string of the molecule is Cl.Cl.Clc1ccc(Br)cc1[C@H](c1cccs1)N1CCNCC1. The van der Waals surface area contributed by atoms with Crippen molar-refractivity contribution >= 4 is 63.7 Å². The molecule has 1 N–H and O–H groups in total. The maximum atomic E-state index is 6.47. The number of nitrogens with zero attached hydrogens (tertiary/aromatic N) is 1. The third-order valence-electron chi connectivity index (χ3n) is 3.58. The molecule has 0 radical (unpaired) electrons. The Morgan fingerprint density at radius 2 is 1.91 bits per heavy atom. The van der Waals surface area contributed by atoms with Crippen LogP contribution in [0.1, 0.15) is 16.5 Å². The van der Waals surface area contributed by atoms with Crippen molar-refractivity contribution in [3.8, 4) is 0 Å². The summed E-state index contributed by atoms with van der Waals surface area (Å²) in [5.74, 6) is 0. The molecule has 7 heteroatoms. The number of nitrogens with one attached hydrogen (secondary N) is 1. The van der Waals surface area contributed by atoms with Gasteiger partial charge in [-0.25, -0.2) is 0 Å². The molecule has 1 saturated heterocycles. The summed E-state index contributed by atoms with van der Waals surface area (Å²) in [5.41, 5.74) is 1.19. The molecule has 0 spiro atoms. The fraction of sp³-hybridized carbons (Fsp3) is 0.333. The van der Waals surface area contributed by atoms with E-state index in [-0.39, 0.29) is 30.9 Å². The molecular weight excluding hydrogens is 427 g/mol. The molecular formula is C15H18BrCl3N2S. The first kappa shape index (κ1) is 20.2.